The number of hydrogen-bond donors (Lipinski definition) is 0. The predicted octanol–water partition coefficient (Wildman–Crippen LogP) is 3.25. The van der Waals surface area contributed by atoms with Crippen molar-refractivity contribution in [2.45, 2.75) is 25.6 Å². The fourth-order valence-corrected chi connectivity index (χ4v) is 2.58. The Hall–Kier alpha value is -1.95. The van der Waals surface area contributed by atoms with E-state index in [0.717, 1.165) is 12.1 Å². The molecule has 0 saturated heterocycles. The third kappa shape index (κ3) is 2.37. The maximum atomic E-state index is 13.7. The van der Waals surface area contributed by atoms with Crippen LogP contribution in [0.25, 0.3) is 10.9 Å². The molecule has 2 atom stereocenters. The minimum absolute atomic E-state index is 0.0658. The molecule has 1 saturated carbocycles. The van der Waals surface area contributed by atoms with Gasteiger partial charge in [0, 0.05) is 18.0 Å². The number of esters is 1. The van der Waals surface area contributed by atoms with E-state index in [1.165, 1.54) is 10.8 Å². The third-order valence-electron chi connectivity index (χ3n) is 3.61. The molecular formula is C15H12ClF2NO3. The zero-order chi connectivity index (χ0) is 16.0. The molecule has 22 heavy (non-hydrogen) atoms. The standard InChI is InChI=1S/C15H12ClF2NO3/c1-2-22-15(21)8-6-19(13-5-11(13)18)12-4-10(17)9(16)3-7(12)14(8)20/h3-4,6,11,13H,2,5H2,1H3. The van der Waals surface area contributed by atoms with Crippen molar-refractivity contribution in [3.63, 3.8) is 0 Å². The van der Waals surface area contributed by atoms with Crippen molar-refractivity contribution in [3.05, 3.63) is 45.0 Å². The van der Waals surface area contributed by atoms with Gasteiger partial charge in [0.2, 0.25) is 5.43 Å². The van der Waals surface area contributed by atoms with E-state index in [-0.39, 0.29) is 34.5 Å². The zero-order valence-corrected chi connectivity index (χ0v) is 12.4. The lowest BCUT2D eigenvalue weighted by molar-refractivity contribution is 0.0524. The molecule has 4 nitrogen and oxygen atoms in total. The summed E-state index contributed by atoms with van der Waals surface area (Å²) < 4.78 is 33.4. The summed E-state index contributed by atoms with van der Waals surface area (Å²) in [5.41, 5.74) is -0.608. The normalized spacial score (nSPS) is 20.2. The molecule has 2 unspecified atom stereocenters. The number of pyridine rings is 1. The molecule has 0 bridgehead atoms. The molecule has 0 radical (unpaired) electrons. The first-order chi connectivity index (χ1) is 10.4. The molecule has 116 valence electrons. The fourth-order valence-electron chi connectivity index (χ4n) is 2.41. The third-order valence-corrected chi connectivity index (χ3v) is 3.90. The number of ether oxygens (including phenoxy) is 1. The summed E-state index contributed by atoms with van der Waals surface area (Å²) in [6, 6.07) is 1.72. The Bertz CT molecular complexity index is 834. The Balaban J connectivity index is 2.31. The summed E-state index contributed by atoms with van der Waals surface area (Å²) >= 11 is 5.72. The highest BCUT2D eigenvalue weighted by Crippen LogP contribution is 2.40. The monoisotopic (exact) mass is 327 g/mol. The Labute approximate surface area is 129 Å². The van der Waals surface area contributed by atoms with E-state index in [2.05, 4.69) is 0 Å². The van der Waals surface area contributed by atoms with Gasteiger partial charge in [0.15, 0.2) is 0 Å². The highest BCUT2D eigenvalue weighted by atomic mass is 35.5. The van der Waals surface area contributed by atoms with Gasteiger partial charge in [0.05, 0.1) is 23.2 Å². The second-order valence-electron chi connectivity index (χ2n) is 5.10. The highest BCUT2D eigenvalue weighted by molar-refractivity contribution is 6.31. The van der Waals surface area contributed by atoms with Crippen molar-refractivity contribution in [3.8, 4) is 0 Å². The van der Waals surface area contributed by atoms with Gasteiger partial charge < -0.3 is 9.30 Å². The van der Waals surface area contributed by atoms with Gasteiger partial charge in [-0.2, -0.15) is 0 Å². The molecule has 1 heterocycles. The van der Waals surface area contributed by atoms with E-state index in [1.54, 1.807) is 6.92 Å². The minimum atomic E-state index is -1.08. The molecule has 3 rings (SSSR count). The van der Waals surface area contributed by atoms with Gasteiger partial charge in [0.1, 0.15) is 17.6 Å². The van der Waals surface area contributed by atoms with Crippen LogP contribution in [-0.4, -0.2) is 23.3 Å². The summed E-state index contributed by atoms with van der Waals surface area (Å²) in [6.07, 6.45) is 0.407. The van der Waals surface area contributed by atoms with Crippen LogP contribution >= 0.6 is 11.6 Å². The topological polar surface area (TPSA) is 48.3 Å². The van der Waals surface area contributed by atoms with Crippen molar-refractivity contribution in [1.82, 2.24) is 4.57 Å². The van der Waals surface area contributed by atoms with Gasteiger partial charge >= 0.3 is 5.97 Å². The van der Waals surface area contributed by atoms with Crippen molar-refractivity contribution in [1.29, 1.82) is 0 Å². The maximum Gasteiger partial charge on any atom is 0.343 e. The molecule has 0 spiro atoms. The van der Waals surface area contributed by atoms with Crippen molar-refractivity contribution < 1.29 is 18.3 Å². The van der Waals surface area contributed by atoms with E-state index in [1.807, 2.05) is 0 Å². The van der Waals surface area contributed by atoms with Crippen LogP contribution in [-0.2, 0) is 4.74 Å². The molecule has 0 amide bonds. The van der Waals surface area contributed by atoms with Gasteiger partial charge in [-0.15, -0.1) is 0 Å². The number of halogens is 3. The number of alkyl halides is 1. The number of carbonyl (C=O) groups is 1. The lowest BCUT2D eigenvalue weighted by atomic mass is 10.1. The van der Waals surface area contributed by atoms with Gasteiger partial charge in [-0.05, 0) is 19.1 Å². The van der Waals surface area contributed by atoms with Crippen LogP contribution in [0.2, 0.25) is 5.02 Å². The Morgan fingerprint density at radius 2 is 2.18 bits per heavy atom. The second-order valence-corrected chi connectivity index (χ2v) is 5.51. The number of carbonyl (C=O) groups excluding carboxylic acids is 1. The molecule has 1 aromatic heterocycles. The van der Waals surface area contributed by atoms with E-state index >= 15 is 0 Å². The average Bonchev–Trinajstić information content (AvgIpc) is 3.18. The second kappa shape index (κ2) is 5.35. The first kappa shape index (κ1) is 15.0. The van der Waals surface area contributed by atoms with Gasteiger partial charge in [-0.25, -0.2) is 13.6 Å². The zero-order valence-electron chi connectivity index (χ0n) is 11.6. The van der Waals surface area contributed by atoms with Gasteiger partial charge in [-0.1, -0.05) is 11.6 Å². The summed E-state index contributed by atoms with van der Waals surface area (Å²) in [6.45, 7) is 1.72. The van der Waals surface area contributed by atoms with Gasteiger partial charge in [-0.3, -0.25) is 4.79 Å². The highest BCUT2D eigenvalue weighted by Gasteiger charge is 2.40. The van der Waals surface area contributed by atoms with Crippen LogP contribution in [0.4, 0.5) is 8.78 Å². The number of hydrogen-bond acceptors (Lipinski definition) is 3. The van der Waals surface area contributed by atoms with Crippen LogP contribution in [0, 0.1) is 5.82 Å². The van der Waals surface area contributed by atoms with Crippen LogP contribution in [0.3, 0.4) is 0 Å². The molecule has 1 aromatic carbocycles. The summed E-state index contributed by atoms with van der Waals surface area (Å²) in [7, 11) is 0. The molecule has 1 fully saturated rings. The molecule has 2 aromatic rings. The van der Waals surface area contributed by atoms with Crippen LogP contribution in [0.15, 0.2) is 23.1 Å². The number of aromatic nitrogens is 1. The maximum absolute atomic E-state index is 13.7. The first-order valence-corrected chi connectivity index (χ1v) is 7.17. The quantitative estimate of drug-likeness (QED) is 0.813. The smallest absolute Gasteiger partial charge is 0.343 e. The van der Waals surface area contributed by atoms with E-state index < -0.39 is 29.4 Å². The molecule has 1 aliphatic rings. The lowest BCUT2D eigenvalue weighted by Crippen LogP contribution is -2.21. The average molecular weight is 328 g/mol. The largest absolute Gasteiger partial charge is 0.462 e. The molecule has 7 heteroatoms. The molecule has 0 aliphatic heterocycles. The van der Waals surface area contributed by atoms with E-state index in [9.17, 15) is 18.4 Å². The Morgan fingerprint density at radius 1 is 1.50 bits per heavy atom. The Morgan fingerprint density at radius 3 is 2.77 bits per heavy atom. The number of rotatable bonds is 3. The summed E-state index contributed by atoms with van der Waals surface area (Å²) in [5.74, 6) is -1.50. The Kier molecular flexibility index (Phi) is 3.64. The number of nitrogens with zero attached hydrogens (tertiary/aromatic N) is 1. The van der Waals surface area contributed by atoms with Crippen molar-refractivity contribution in [2.24, 2.45) is 0 Å². The van der Waals surface area contributed by atoms with Crippen molar-refractivity contribution >= 4 is 28.5 Å². The number of fused-ring (bicyclic) bond motifs is 1. The van der Waals surface area contributed by atoms with Gasteiger partial charge in [0.25, 0.3) is 0 Å². The molecule has 1 aliphatic carbocycles. The predicted molar refractivity (Wildman–Crippen MR) is 77.7 cm³/mol. The number of benzene rings is 1. The van der Waals surface area contributed by atoms with E-state index in [0.29, 0.717) is 0 Å². The molecular weight excluding hydrogens is 316 g/mol. The first-order valence-electron chi connectivity index (χ1n) is 6.79. The SMILES string of the molecule is CCOC(=O)c1cn(C2CC2F)c2cc(F)c(Cl)cc2c1=O. The summed E-state index contributed by atoms with van der Waals surface area (Å²) in [5, 5.41) is -0.166. The van der Waals surface area contributed by atoms with Crippen LogP contribution < -0.4 is 5.43 Å². The fraction of sp³-hybridized carbons (Fsp3) is 0.333. The molecule has 0 N–H and O–H groups in total. The van der Waals surface area contributed by atoms with Crippen molar-refractivity contribution in [2.75, 3.05) is 6.61 Å². The minimum Gasteiger partial charge on any atom is -0.462 e. The van der Waals surface area contributed by atoms with Crippen LogP contribution in [0.5, 0.6) is 0 Å². The lowest BCUT2D eigenvalue weighted by Gasteiger charge is -2.13. The summed E-state index contributed by atoms with van der Waals surface area (Å²) in [4.78, 5) is 24.3. The van der Waals surface area contributed by atoms with E-state index in [4.69, 9.17) is 16.3 Å². The van der Waals surface area contributed by atoms with Crippen LogP contribution in [0.1, 0.15) is 29.7 Å².